The van der Waals surface area contributed by atoms with Crippen LogP contribution in [0.1, 0.15) is 39.3 Å². The highest BCUT2D eigenvalue weighted by molar-refractivity contribution is 7.93. The smallest absolute Gasteiger partial charge is 0.251 e. The van der Waals surface area contributed by atoms with Gasteiger partial charge in [-0.3, -0.25) is 13.8 Å². The predicted octanol–water partition coefficient (Wildman–Crippen LogP) is 3.02. The van der Waals surface area contributed by atoms with E-state index in [4.69, 9.17) is 0 Å². The second kappa shape index (κ2) is 8.55. The number of hydrogen-bond acceptors (Lipinski definition) is 4. The Balaban J connectivity index is 1.46. The molecular formula is C23H26N4O3S. The zero-order valence-electron chi connectivity index (χ0n) is 17.7. The van der Waals surface area contributed by atoms with Crippen molar-refractivity contribution in [1.29, 1.82) is 0 Å². The largest absolute Gasteiger partial charge is 0.348 e. The van der Waals surface area contributed by atoms with Gasteiger partial charge in [0.1, 0.15) is 0 Å². The minimum atomic E-state index is -3.28. The Hall–Kier alpha value is -3.13. The van der Waals surface area contributed by atoms with Crippen LogP contribution in [0.2, 0.25) is 0 Å². The van der Waals surface area contributed by atoms with E-state index >= 15 is 0 Å². The molecule has 1 amide bonds. The highest BCUT2D eigenvalue weighted by Crippen LogP contribution is 2.25. The monoisotopic (exact) mass is 438 g/mol. The van der Waals surface area contributed by atoms with E-state index in [0.29, 0.717) is 37.3 Å². The summed E-state index contributed by atoms with van der Waals surface area (Å²) in [6.45, 7) is 5.43. The molecule has 2 aromatic carbocycles. The highest BCUT2D eigenvalue weighted by atomic mass is 32.2. The minimum absolute atomic E-state index is 0.148. The van der Waals surface area contributed by atoms with Crippen LogP contribution in [0.3, 0.4) is 0 Å². The van der Waals surface area contributed by atoms with Crippen molar-refractivity contribution in [3.8, 4) is 0 Å². The van der Waals surface area contributed by atoms with Crippen LogP contribution in [0.25, 0.3) is 0 Å². The average Bonchev–Trinajstić information content (AvgIpc) is 3.25. The standard InChI is InChI=1S/C23H26N4O3S/c1-17-22(18(2)26(25-17)16-19-8-4-3-5-9-19)15-24-23(28)20-10-6-11-21(14-20)27-12-7-13-31(27,29)30/h3-6,8-11,14H,7,12-13,15-16H2,1-2H3,(H,24,28). The number of carbonyl (C=O) groups excluding carboxylic acids is 1. The number of benzene rings is 2. The van der Waals surface area contributed by atoms with E-state index < -0.39 is 10.0 Å². The Labute approximate surface area is 182 Å². The molecule has 1 aliphatic rings. The summed E-state index contributed by atoms with van der Waals surface area (Å²) in [6, 6.07) is 16.9. The molecule has 2 heterocycles. The Morgan fingerprint density at radius 1 is 1.10 bits per heavy atom. The number of amides is 1. The van der Waals surface area contributed by atoms with Crippen LogP contribution in [0.4, 0.5) is 5.69 Å². The predicted molar refractivity (Wildman–Crippen MR) is 121 cm³/mol. The zero-order chi connectivity index (χ0) is 22.0. The first-order chi connectivity index (χ1) is 14.8. The maximum atomic E-state index is 12.8. The normalized spacial score (nSPS) is 15.2. The van der Waals surface area contributed by atoms with Crippen LogP contribution in [0.5, 0.6) is 0 Å². The molecule has 7 nitrogen and oxygen atoms in total. The summed E-state index contributed by atoms with van der Waals surface area (Å²) in [5, 5.41) is 7.58. The number of rotatable bonds is 6. The molecule has 1 saturated heterocycles. The van der Waals surface area contributed by atoms with E-state index in [2.05, 4.69) is 22.5 Å². The van der Waals surface area contributed by atoms with Crippen LogP contribution >= 0.6 is 0 Å². The topological polar surface area (TPSA) is 84.3 Å². The van der Waals surface area contributed by atoms with Crippen molar-refractivity contribution < 1.29 is 13.2 Å². The molecule has 1 aromatic heterocycles. The first-order valence-corrected chi connectivity index (χ1v) is 11.9. The van der Waals surface area contributed by atoms with E-state index in [1.807, 2.05) is 36.7 Å². The lowest BCUT2D eigenvalue weighted by molar-refractivity contribution is 0.0951. The molecule has 1 N–H and O–H groups in total. The molecule has 4 rings (SSSR count). The highest BCUT2D eigenvalue weighted by Gasteiger charge is 2.28. The van der Waals surface area contributed by atoms with Crippen molar-refractivity contribution in [3.05, 3.63) is 82.7 Å². The number of hydrogen-bond donors (Lipinski definition) is 1. The quantitative estimate of drug-likeness (QED) is 0.641. The van der Waals surface area contributed by atoms with Gasteiger partial charge in [0.15, 0.2) is 0 Å². The Bertz CT molecular complexity index is 1200. The van der Waals surface area contributed by atoms with Crippen LogP contribution in [0.15, 0.2) is 54.6 Å². The molecule has 1 fully saturated rings. The van der Waals surface area contributed by atoms with Gasteiger partial charge in [0.2, 0.25) is 10.0 Å². The molecule has 8 heteroatoms. The van der Waals surface area contributed by atoms with Crippen LogP contribution in [0, 0.1) is 13.8 Å². The number of aryl methyl sites for hydroxylation is 1. The maximum absolute atomic E-state index is 12.8. The molecular weight excluding hydrogens is 412 g/mol. The van der Waals surface area contributed by atoms with Gasteiger partial charge in [0.05, 0.1) is 23.7 Å². The summed E-state index contributed by atoms with van der Waals surface area (Å²) in [7, 11) is -3.28. The SMILES string of the molecule is Cc1nn(Cc2ccccc2)c(C)c1CNC(=O)c1cccc(N2CCCS2(=O)=O)c1. The Kier molecular flexibility index (Phi) is 5.82. The third kappa shape index (κ3) is 4.49. The Morgan fingerprint density at radius 2 is 1.87 bits per heavy atom. The van der Waals surface area contributed by atoms with E-state index in [-0.39, 0.29) is 11.7 Å². The number of carbonyl (C=O) groups is 1. The summed E-state index contributed by atoms with van der Waals surface area (Å²) in [6.07, 6.45) is 0.601. The first-order valence-electron chi connectivity index (χ1n) is 10.3. The summed E-state index contributed by atoms with van der Waals surface area (Å²) < 4.78 is 27.7. The summed E-state index contributed by atoms with van der Waals surface area (Å²) in [5.41, 5.74) is 5.02. The Morgan fingerprint density at radius 3 is 2.58 bits per heavy atom. The van der Waals surface area contributed by atoms with Gasteiger partial charge in [0.25, 0.3) is 5.91 Å². The minimum Gasteiger partial charge on any atom is -0.348 e. The lowest BCUT2D eigenvalue weighted by Crippen LogP contribution is -2.26. The van der Waals surface area contributed by atoms with E-state index in [1.54, 1.807) is 24.3 Å². The van der Waals surface area contributed by atoms with Gasteiger partial charge in [-0.05, 0) is 44.0 Å². The number of nitrogens with zero attached hydrogens (tertiary/aromatic N) is 3. The van der Waals surface area contributed by atoms with Crippen LogP contribution < -0.4 is 9.62 Å². The zero-order valence-corrected chi connectivity index (χ0v) is 18.5. The first kappa shape index (κ1) is 21.1. The van der Waals surface area contributed by atoms with Crippen molar-refractivity contribution in [1.82, 2.24) is 15.1 Å². The number of nitrogens with one attached hydrogen (secondary N) is 1. The summed E-state index contributed by atoms with van der Waals surface area (Å²) >= 11 is 0. The average molecular weight is 439 g/mol. The van der Waals surface area contributed by atoms with Gasteiger partial charge >= 0.3 is 0 Å². The lowest BCUT2D eigenvalue weighted by atomic mass is 10.1. The molecule has 162 valence electrons. The molecule has 0 unspecified atom stereocenters. The van der Waals surface area contributed by atoms with Crippen LogP contribution in [-0.2, 0) is 23.1 Å². The summed E-state index contributed by atoms with van der Waals surface area (Å²) in [5.74, 6) is -0.0948. The molecule has 3 aromatic rings. The summed E-state index contributed by atoms with van der Waals surface area (Å²) in [4.78, 5) is 12.8. The third-order valence-electron chi connectivity index (χ3n) is 5.63. The lowest BCUT2D eigenvalue weighted by Gasteiger charge is -2.17. The second-order valence-corrected chi connectivity index (χ2v) is 9.78. The van der Waals surface area contributed by atoms with E-state index in [0.717, 1.165) is 22.5 Å². The van der Waals surface area contributed by atoms with Crippen LogP contribution in [-0.4, -0.2) is 36.4 Å². The molecule has 0 bridgehead atoms. The second-order valence-electron chi connectivity index (χ2n) is 7.77. The van der Waals surface area contributed by atoms with Crippen molar-refractivity contribution in [3.63, 3.8) is 0 Å². The van der Waals surface area contributed by atoms with Crippen molar-refractivity contribution in [2.24, 2.45) is 0 Å². The molecule has 1 aliphatic heterocycles. The molecule has 0 spiro atoms. The van der Waals surface area contributed by atoms with Crippen molar-refractivity contribution in [2.45, 2.75) is 33.4 Å². The van der Waals surface area contributed by atoms with Gasteiger partial charge in [-0.15, -0.1) is 0 Å². The van der Waals surface area contributed by atoms with Gasteiger partial charge in [-0.25, -0.2) is 8.42 Å². The molecule has 0 radical (unpaired) electrons. The van der Waals surface area contributed by atoms with E-state index in [9.17, 15) is 13.2 Å². The fourth-order valence-corrected chi connectivity index (χ4v) is 5.46. The maximum Gasteiger partial charge on any atom is 0.251 e. The molecule has 31 heavy (non-hydrogen) atoms. The number of anilines is 1. The van der Waals surface area contributed by atoms with Gasteiger partial charge in [-0.2, -0.15) is 5.10 Å². The fourth-order valence-electron chi connectivity index (χ4n) is 3.90. The van der Waals surface area contributed by atoms with Crippen molar-refractivity contribution in [2.75, 3.05) is 16.6 Å². The molecule has 0 aliphatic carbocycles. The van der Waals surface area contributed by atoms with Crippen molar-refractivity contribution >= 4 is 21.6 Å². The molecule has 0 saturated carbocycles. The number of sulfonamides is 1. The van der Waals surface area contributed by atoms with Gasteiger partial charge < -0.3 is 5.32 Å². The van der Waals surface area contributed by atoms with Gasteiger partial charge in [-0.1, -0.05) is 36.4 Å². The molecule has 0 atom stereocenters. The fraction of sp³-hybridized carbons (Fsp3) is 0.304. The van der Waals surface area contributed by atoms with Gasteiger partial charge in [0, 0.05) is 29.9 Å². The third-order valence-corrected chi connectivity index (χ3v) is 7.50. The number of aromatic nitrogens is 2. The van der Waals surface area contributed by atoms with E-state index in [1.165, 1.54) is 4.31 Å².